The Labute approximate surface area is 185 Å². The largest absolute Gasteiger partial charge is 0.502 e. The van der Waals surface area contributed by atoms with Gasteiger partial charge in [0.05, 0.1) is 25.2 Å². The summed E-state index contributed by atoms with van der Waals surface area (Å²) in [4.78, 5) is 24.5. The monoisotopic (exact) mass is 466 g/mol. The summed E-state index contributed by atoms with van der Waals surface area (Å²) in [6.07, 6.45) is -0.197. The fourth-order valence-electron chi connectivity index (χ4n) is 2.91. The molecule has 0 saturated carbocycles. The number of hydrogen-bond acceptors (Lipinski definition) is 6. The Bertz CT molecular complexity index is 1150. The quantitative estimate of drug-likeness (QED) is 0.378. The van der Waals surface area contributed by atoms with Crippen LogP contribution in [0.15, 0.2) is 62.6 Å². The summed E-state index contributed by atoms with van der Waals surface area (Å²) in [6.45, 7) is 0. The molecule has 1 aromatic heterocycles. The molecule has 162 valence electrons. The molecule has 5 nitrogen and oxygen atoms in total. The smallest absolute Gasteiger partial charge is 0.306 e. The van der Waals surface area contributed by atoms with E-state index in [4.69, 9.17) is 20.8 Å². The zero-order valence-electron chi connectivity index (χ0n) is 16.2. The first-order valence-corrected chi connectivity index (χ1v) is 10.4. The average molecular weight is 467 g/mol. The highest BCUT2D eigenvalue weighted by molar-refractivity contribution is 7.98. The predicted octanol–water partition coefficient (Wildman–Crippen LogP) is 5.26. The van der Waals surface area contributed by atoms with Crippen LogP contribution in [-0.2, 0) is 15.3 Å². The molecule has 0 radical (unpaired) electrons. The number of carbonyl (C=O) groups excluding carboxylic acids is 1. The third-order valence-corrected chi connectivity index (χ3v) is 5.77. The maximum Gasteiger partial charge on any atom is 0.306 e. The van der Waals surface area contributed by atoms with Crippen molar-refractivity contribution in [3.8, 4) is 5.75 Å². The average Bonchev–Trinajstić information content (AvgIpc) is 2.74. The van der Waals surface area contributed by atoms with E-state index in [-0.39, 0.29) is 28.6 Å². The van der Waals surface area contributed by atoms with Gasteiger partial charge in [0.15, 0.2) is 5.76 Å². The molecular formula is C22H17ClF2O5S. The van der Waals surface area contributed by atoms with Crippen molar-refractivity contribution in [1.29, 1.82) is 0 Å². The second kappa shape index (κ2) is 9.98. The number of carbonyl (C=O) groups is 1. The molecule has 3 rings (SSSR count). The second-order valence-electron chi connectivity index (χ2n) is 6.54. The Morgan fingerprint density at radius 2 is 1.90 bits per heavy atom. The van der Waals surface area contributed by atoms with Crippen molar-refractivity contribution < 1.29 is 27.8 Å². The van der Waals surface area contributed by atoms with Crippen molar-refractivity contribution in [1.82, 2.24) is 0 Å². The third kappa shape index (κ3) is 5.65. The Balaban J connectivity index is 1.97. The van der Waals surface area contributed by atoms with Crippen molar-refractivity contribution in [3.05, 3.63) is 92.5 Å². The fraction of sp³-hybridized carbons (Fsp3) is 0.182. The minimum atomic E-state index is -0.815. The van der Waals surface area contributed by atoms with E-state index in [1.807, 2.05) is 0 Å². The lowest BCUT2D eigenvalue weighted by Gasteiger charge is -2.17. The summed E-state index contributed by atoms with van der Waals surface area (Å²) in [5.41, 5.74) is -0.136. The number of hydrogen-bond donors (Lipinski definition) is 1. The van der Waals surface area contributed by atoms with Crippen LogP contribution < -0.4 is 5.43 Å². The van der Waals surface area contributed by atoms with Gasteiger partial charge in [0.25, 0.3) is 0 Å². The zero-order chi connectivity index (χ0) is 22.5. The maximum atomic E-state index is 13.9. The number of rotatable bonds is 7. The highest BCUT2D eigenvalue weighted by Crippen LogP contribution is 2.35. The number of thioether (sulfide) groups is 1. The third-order valence-electron chi connectivity index (χ3n) is 4.45. The van der Waals surface area contributed by atoms with Crippen LogP contribution in [0.4, 0.5) is 8.78 Å². The minimum Gasteiger partial charge on any atom is -0.502 e. The molecule has 0 aliphatic carbocycles. The van der Waals surface area contributed by atoms with Crippen LogP contribution in [-0.4, -0.2) is 18.2 Å². The van der Waals surface area contributed by atoms with Crippen LogP contribution >= 0.6 is 23.4 Å². The molecule has 1 atom stereocenters. The van der Waals surface area contributed by atoms with Gasteiger partial charge in [0, 0.05) is 22.1 Å². The van der Waals surface area contributed by atoms with Gasteiger partial charge < -0.3 is 14.3 Å². The first-order chi connectivity index (χ1) is 14.8. The van der Waals surface area contributed by atoms with Crippen LogP contribution in [0.5, 0.6) is 5.75 Å². The van der Waals surface area contributed by atoms with Gasteiger partial charge in [-0.3, -0.25) is 9.59 Å². The number of methoxy groups -OCH3 is 1. The second-order valence-corrected chi connectivity index (χ2v) is 7.99. The molecule has 0 aliphatic heterocycles. The van der Waals surface area contributed by atoms with Gasteiger partial charge in [-0.25, -0.2) is 8.78 Å². The first kappa shape index (κ1) is 22.8. The van der Waals surface area contributed by atoms with Crippen molar-refractivity contribution >= 4 is 29.3 Å². The molecule has 0 aliphatic rings. The number of esters is 1. The van der Waals surface area contributed by atoms with Gasteiger partial charge in [-0.15, -0.1) is 11.8 Å². The highest BCUT2D eigenvalue weighted by Gasteiger charge is 2.26. The minimum absolute atomic E-state index is 0.0383. The lowest BCUT2D eigenvalue weighted by molar-refractivity contribution is -0.140. The molecule has 0 fully saturated rings. The molecule has 9 heteroatoms. The van der Waals surface area contributed by atoms with Crippen molar-refractivity contribution in [2.75, 3.05) is 7.11 Å². The van der Waals surface area contributed by atoms with Gasteiger partial charge >= 0.3 is 5.97 Å². The van der Waals surface area contributed by atoms with Gasteiger partial charge in [0.1, 0.15) is 17.4 Å². The van der Waals surface area contributed by atoms with Crippen molar-refractivity contribution in [2.24, 2.45) is 0 Å². The Hall–Kier alpha value is -2.84. The van der Waals surface area contributed by atoms with Gasteiger partial charge in [-0.2, -0.15) is 0 Å². The Morgan fingerprint density at radius 3 is 2.55 bits per heavy atom. The molecule has 3 aromatic rings. The van der Waals surface area contributed by atoms with Crippen molar-refractivity contribution in [2.45, 2.75) is 23.0 Å². The molecule has 2 aromatic carbocycles. The number of benzene rings is 2. The molecule has 0 saturated heterocycles. The molecule has 1 heterocycles. The number of aromatic hydroxyl groups is 1. The van der Waals surface area contributed by atoms with E-state index >= 15 is 0 Å². The summed E-state index contributed by atoms with van der Waals surface area (Å²) in [5.74, 6) is -3.39. The van der Waals surface area contributed by atoms with E-state index in [9.17, 15) is 23.5 Å². The topological polar surface area (TPSA) is 76.7 Å². The normalized spacial score (nSPS) is 11.9. The molecular weight excluding hydrogens is 450 g/mol. The van der Waals surface area contributed by atoms with E-state index in [1.165, 1.54) is 13.2 Å². The lowest BCUT2D eigenvalue weighted by Crippen LogP contribution is -2.14. The summed E-state index contributed by atoms with van der Waals surface area (Å²) in [5, 5.41) is 10.8. The van der Waals surface area contributed by atoms with Crippen LogP contribution in [0.3, 0.4) is 0 Å². The molecule has 31 heavy (non-hydrogen) atoms. The molecule has 1 N–H and O–H groups in total. The summed E-state index contributed by atoms with van der Waals surface area (Å²) < 4.78 is 37.5. The first-order valence-electron chi connectivity index (χ1n) is 9.04. The predicted molar refractivity (Wildman–Crippen MR) is 112 cm³/mol. The Kier molecular flexibility index (Phi) is 7.35. The van der Waals surface area contributed by atoms with Gasteiger partial charge in [-0.05, 0) is 29.8 Å². The zero-order valence-corrected chi connectivity index (χ0v) is 17.8. The van der Waals surface area contributed by atoms with E-state index in [0.717, 1.165) is 30.0 Å². The van der Waals surface area contributed by atoms with E-state index < -0.39 is 34.7 Å². The number of halogens is 3. The highest BCUT2D eigenvalue weighted by atomic mass is 35.5. The van der Waals surface area contributed by atoms with E-state index in [0.29, 0.717) is 10.6 Å². The van der Waals surface area contributed by atoms with Gasteiger partial charge in [-0.1, -0.05) is 23.7 Å². The lowest BCUT2D eigenvalue weighted by atomic mass is 9.92. The van der Waals surface area contributed by atoms with E-state index in [1.54, 1.807) is 24.3 Å². The summed E-state index contributed by atoms with van der Waals surface area (Å²) in [6, 6.07) is 10.7. The van der Waals surface area contributed by atoms with E-state index in [2.05, 4.69) is 0 Å². The van der Waals surface area contributed by atoms with Crippen LogP contribution in [0.25, 0.3) is 0 Å². The molecule has 0 spiro atoms. The molecule has 0 bridgehead atoms. The SMILES string of the molecule is COC(=O)C[C@@H](c1ccc(Cl)cc1)c1oc(CSc2ccc(F)cc2F)cc(=O)c1O. The van der Waals surface area contributed by atoms with Crippen LogP contribution in [0.1, 0.15) is 29.4 Å². The van der Waals surface area contributed by atoms with Crippen LogP contribution in [0, 0.1) is 11.6 Å². The van der Waals surface area contributed by atoms with Crippen molar-refractivity contribution in [3.63, 3.8) is 0 Å². The molecule has 0 unspecified atom stereocenters. The fourth-order valence-corrected chi connectivity index (χ4v) is 3.84. The molecule has 0 amide bonds. The number of ether oxygens (including phenoxy) is 1. The standard InChI is InChI=1S/C22H17ClF2O5S/c1-29-20(27)10-16(12-2-4-13(23)5-3-12)22-21(28)18(26)9-15(30-22)11-31-19-7-6-14(24)8-17(19)25/h2-9,16,28H,10-11H2,1H3/t16-/m0/s1. The summed E-state index contributed by atoms with van der Waals surface area (Å²) >= 11 is 6.92. The maximum absolute atomic E-state index is 13.9. The van der Waals surface area contributed by atoms with Gasteiger partial charge in [0.2, 0.25) is 11.2 Å². The Morgan fingerprint density at radius 1 is 1.19 bits per heavy atom. The summed E-state index contributed by atoms with van der Waals surface area (Å²) in [7, 11) is 1.22. The van der Waals surface area contributed by atoms with Crippen LogP contribution in [0.2, 0.25) is 5.02 Å².